The highest BCUT2D eigenvalue weighted by Gasteiger charge is 2.28. The van der Waals surface area contributed by atoms with E-state index in [1.165, 1.54) is 321 Å². The van der Waals surface area contributed by atoms with Crippen molar-refractivity contribution in [1.82, 2.24) is 4.90 Å². The molecule has 0 spiro atoms. The van der Waals surface area contributed by atoms with Crippen molar-refractivity contribution >= 4 is 0 Å². The molecule has 0 heterocycles. The minimum atomic E-state index is 0.653. The van der Waals surface area contributed by atoms with Gasteiger partial charge < -0.3 is 4.90 Å². The van der Waals surface area contributed by atoms with Crippen molar-refractivity contribution in [3.8, 4) is 0 Å². The van der Waals surface area contributed by atoms with Crippen molar-refractivity contribution in [2.24, 2.45) is 5.41 Å². The van der Waals surface area contributed by atoms with Crippen LogP contribution in [0.5, 0.6) is 0 Å². The Labute approximate surface area is 390 Å². The summed E-state index contributed by atoms with van der Waals surface area (Å²) >= 11 is 0. The second kappa shape index (κ2) is 52.6. The van der Waals surface area contributed by atoms with Gasteiger partial charge in [0.25, 0.3) is 0 Å². The summed E-state index contributed by atoms with van der Waals surface area (Å²) in [6.45, 7) is 15.8. The summed E-state index contributed by atoms with van der Waals surface area (Å²) in [6, 6.07) is 0. The number of rotatable bonds is 55. The van der Waals surface area contributed by atoms with Gasteiger partial charge in [-0.3, -0.25) is 0 Å². The minimum Gasteiger partial charge on any atom is -0.303 e. The molecule has 0 aliphatic rings. The van der Waals surface area contributed by atoms with Crippen LogP contribution in [-0.2, 0) is 0 Å². The van der Waals surface area contributed by atoms with E-state index in [1.54, 1.807) is 25.7 Å². The molecule has 0 aliphatic carbocycles. The fraction of sp³-hybridized carbons (Fsp3) is 1.00. The molecule has 1 heteroatoms. The molecule has 0 rings (SSSR count). The van der Waals surface area contributed by atoms with Crippen LogP contribution in [-0.4, -0.2) is 24.5 Å². The number of unbranched alkanes of at least 4 members (excludes halogenated alkanes) is 41. The lowest BCUT2D eigenvalue weighted by molar-refractivity contribution is 0.171. The van der Waals surface area contributed by atoms with Crippen LogP contribution in [0, 0.1) is 5.41 Å². The van der Waals surface area contributed by atoms with Crippen LogP contribution < -0.4 is 0 Å². The molecule has 0 aromatic carbocycles. The summed E-state index contributed by atoms with van der Waals surface area (Å²) in [7, 11) is 0. The van der Waals surface area contributed by atoms with Gasteiger partial charge in [0.1, 0.15) is 0 Å². The average Bonchev–Trinajstić information content (AvgIpc) is 3.27. The molecule has 0 saturated carbocycles. The Morgan fingerprint density at radius 1 is 0.180 bits per heavy atom. The summed E-state index contributed by atoms with van der Waals surface area (Å²) in [4.78, 5) is 2.89. The highest BCUT2D eigenvalue weighted by atomic mass is 15.1. The quantitative estimate of drug-likeness (QED) is 0.0551. The Morgan fingerprint density at radius 2 is 0.328 bits per heavy atom. The first-order valence-corrected chi connectivity index (χ1v) is 29.9. The van der Waals surface area contributed by atoms with Gasteiger partial charge in [-0.15, -0.1) is 0 Å². The molecule has 0 unspecified atom stereocenters. The van der Waals surface area contributed by atoms with E-state index in [4.69, 9.17) is 0 Å². The highest BCUT2D eigenvalue weighted by Crippen LogP contribution is 2.42. The Morgan fingerprint density at radius 3 is 0.508 bits per heavy atom. The van der Waals surface area contributed by atoms with Gasteiger partial charge in [0.05, 0.1) is 0 Å². The smallest absolute Gasteiger partial charge is 0.00187 e. The van der Waals surface area contributed by atoms with Crippen LogP contribution in [0.3, 0.4) is 0 Å². The van der Waals surface area contributed by atoms with E-state index in [9.17, 15) is 0 Å². The maximum atomic E-state index is 2.89. The van der Waals surface area contributed by atoms with Gasteiger partial charge >= 0.3 is 0 Å². The molecule has 0 aromatic rings. The first-order valence-electron chi connectivity index (χ1n) is 29.9. The minimum absolute atomic E-state index is 0.653. The van der Waals surface area contributed by atoms with E-state index in [1.807, 2.05) is 0 Å². The van der Waals surface area contributed by atoms with Gasteiger partial charge in [-0.2, -0.15) is 0 Å². The van der Waals surface area contributed by atoms with Crippen LogP contribution >= 0.6 is 0 Å². The zero-order valence-electron chi connectivity index (χ0n) is 44.1. The maximum absolute atomic E-state index is 2.89. The van der Waals surface area contributed by atoms with E-state index in [-0.39, 0.29) is 0 Å². The zero-order valence-corrected chi connectivity index (χ0v) is 44.1. The first-order chi connectivity index (χ1) is 30.2. The molecule has 0 saturated heterocycles. The van der Waals surface area contributed by atoms with Crippen LogP contribution in [0.1, 0.15) is 362 Å². The molecule has 0 fully saturated rings. The maximum Gasteiger partial charge on any atom is -0.00187 e. The van der Waals surface area contributed by atoms with Crippen molar-refractivity contribution < 1.29 is 0 Å². The second-order valence-corrected chi connectivity index (χ2v) is 21.2. The summed E-state index contributed by atoms with van der Waals surface area (Å²) < 4.78 is 0. The molecular formula is C60H123N. The third-order valence-electron chi connectivity index (χ3n) is 15.0. The van der Waals surface area contributed by atoms with Crippen molar-refractivity contribution in [3.63, 3.8) is 0 Å². The number of hydrogen-bond donors (Lipinski definition) is 0. The topological polar surface area (TPSA) is 3.24 Å². The van der Waals surface area contributed by atoms with Gasteiger partial charge in [-0.25, -0.2) is 0 Å². The second-order valence-electron chi connectivity index (χ2n) is 21.2. The van der Waals surface area contributed by atoms with Gasteiger partial charge in [-0.1, -0.05) is 317 Å². The summed E-state index contributed by atoms with van der Waals surface area (Å²) in [5, 5.41) is 0. The molecule has 1 nitrogen and oxygen atoms in total. The standard InChI is InChI=1S/C60H123N/c1-6-11-16-21-26-32-39-46-53-60(54-47-40-33-27-22-17-12-7-2,55-48-41-34-28-23-18-13-8-3)56-49-42-35-31-38-45-52-59-61(57-50-43-36-29-24-19-14-9-4)58-51-44-37-30-25-20-15-10-5/h6-59H2,1-5H3. The lowest BCUT2D eigenvalue weighted by Gasteiger charge is -2.35. The third kappa shape index (κ3) is 46.3. The predicted molar refractivity (Wildman–Crippen MR) is 283 cm³/mol. The van der Waals surface area contributed by atoms with Crippen molar-refractivity contribution in [2.45, 2.75) is 362 Å². The van der Waals surface area contributed by atoms with E-state index in [2.05, 4.69) is 39.5 Å². The first kappa shape index (κ1) is 61.0. The molecule has 61 heavy (non-hydrogen) atoms. The number of hydrogen-bond acceptors (Lipinski definition) is 1. The molecule has 0 atom stereocenters. The normalized spacial score (nSPS) is 12.1. The van der Waals surface area contributed by atoms with Crippen molar-refractivity contribution in [1.29, 1.82) is 0 Å². The van der Waals surface area contributed by atoms with Gasteiger partial charge in [0.15, 0.2) is 0 Å². The average molecular weight is 859 g/mol. The molecule has 368 valence electrons. The van der Waals surface area contributed by atoms with Gasteiger partial charge in [0, 0.05) is 0 Å². The molecule has 0 radical (unpaired) electrons. The van der Waals surface area contributed by atoms with E-state index in [0.717, 1.165) is 0 Å². The molecule has 0 amide bonds. The largest absolute Gasteiger partial charge is 0.303 e. The Bertz CT molecular complexity index is 688. The third-order valence-corrected chi connectivity index (χ3v) is 15.0. The van der Waals surface area contributed by atoms with Crippen LogP contribution in [0.15, 0.2) is 0 Å². The predicted octanol–water partition coefficient (Wildman–Crippen LogP) is 22.3. The molecular weight excluding hydrogens is 735 g/mol. The lowest BCUT2D eigenvalue weighted by Crippen LogP contribution is -2.27. The number of nitrogens with zero attached hydrogens (tertiary/aromatic N) is 1. The van der Waals surface area contributed by atoms with E-state index >= 15 is 0 Å². The van der Waals surface area contributed by atoms with Crippen LogP contribution in [0.25, 0.3) is 0 Å². The van der Waals surface area contributed by atoms with Crippen LogP contribution in [0.2, 0.25) is 0 Å². The van der Waals surface area contributed by atoms with E-state index < -0.39 is 0 Å². The summed E-state index contributed by atoms with van der Waals surface area (Å²) in [5.41, 5.74) is 0.653. The summed E-state index contributed by atoms with van der Waals surface area (Å²) in [5.74, 6) is 0. The fourth-order valence-corrected chi connectivity index (χ4v) is 10.6. The highest BCUT2D eigenvalue weighted by molar-refractivity contribution is 4.80. The Kier molecular flexibility index (Phi) is 52.5. The zero-order chi connectivity index (χ0) is 44.3. The van der Waals surface area contributed by atoms with E-state index in [0.29, 0.717) is 5.41 Å². The molecule has 0 bridgehead atoms. The van der Waals surface area contributed by atoms with Crippen LogP contribution in [0.4, 0.5) is 0 Å². The van der Waals surface area contributed by atoms with Gasteiger partial charge in [-0.05, 0) is 70.0 Å². The SMILES string of the molecule is CCCCCCCCCCN(CCCCCCCCCC)CCCCCCCCCC(CCCCCCCCCC)(CCCCCCCCCC)CCCCCCCCCC. The molecule has 0 aromatic heterocycles. The fourth-order valence-electron chi connectivity index (χ4n) is 10.6. The molecule has 0 N–H and O–H groups in total. The van der Waals surface area contributed by atoms with Crippen molar-refractivity contribution in [3.05, 3.63) is 0 Å². The van der Waals surface area contributed by atoms with Gasteiger partial charge in [0.2, 0.25) is 0 Å². The Hall–Kier alpha value is -0.0400. The summed E-state index contributed by atoms with van der Waals surface area (Å²) in [6.07, 6.45) is 74.9. The molecule has 0 aliphatic heterocycles. The van der Waals surface area contributed by atoms with Crippen molar-refractivity contribution in [2.75, 3.05) is 19.6 Å². The lowest BCUT2D eigenvalue weighted by atomic mass is 9.70. The Balaban J connectivity index is 4.94. The monoisotopic (exact) mass is 858 g/mol.